The van der Waals surface area contributed by atoms with Crippen LogP contribution < -0.4 is 14.4 Å². The van der Waals surface area contributed by atoms with Crippen LogP contribution in [0.2, 0.25) is 5.02 Å². The van der Waals surface area contributed by atoms with E-state index >= 15 is 0 Å². The van der Waals surface area contributed by atoms with Gasteiger partial charge in [-0.05, 0) is 79.6 Å². The number of benzene rings is 3. The number of anilines is 1. The first-order valence-corrected chi connectivity index (χ1v) is 14.9. The molecule has 0 saturated heterocycles. The van der Waals surface area contributed by atoms with Gasteiger partial charge in [-0.25, -0.2) is 8.42 Å². The molecule has 3 aromatic carbocycles. The SMILES string of the molecule is CCCNC(=O)[C@@H](C)N(Cc1ccc(Br)cc1)C(=O)CN(c1ccc(Cl)cc1)S(=O)(=O)c1ccc(OC)cc1. The first kappa shape index (κ1) is 30.5. The molecule has 0 fully saturated rings. The number of methoxy groups -OCH3 is 1. The Hall–Kier alpha value is -3.08. The van der Waals surface area contributed by atoms with Crippen LogP contribution in [0.15, 0.2) is 82.2 Å². The molecule has 2 amide bonds. The minimum absolute atomic E-state index is 0.0146. The molecule has 0 heterocycles. The van der Waals surface area contributed by atoms with Crippen LogP contribution >= 0.6 is 27.5 Å². The molecule has 1 atom stereocenters. The van der Waals surface area contributed by atoms with Crippen LogP contribution in [0.1, 0.15) is 25.8 Å². The number of hydrogen-bond acceptors (Lipinski definition) is 5. The highest BCUT2D eigenvalue weighted by Crippen LogP contribution is 2.27. The minimum Gasteiger partial charge on any atom is -0.497 e. The fourth-order valence-corrected chi connectivity index (χ4v) is 5.58. The number of sulfonamides is 1. The molecular formula is C28H31BrClN3O5S. The Labute approximate surface area is 243 Å². The van der Waals surface area contributed by atoms with Crippen molar-refractivity contribution >= 4 is 55.1 Å². The van der Waals surface area contributed by atoms with E-state index in [1.165, 1.54) is 48.4 Å². The molecule has 0 aliphatic carbocycles. The van der Waals surface area contributed by atoms with Gasteiger partial charge in [-0.2, -0.15) is 0 Å². The third kappa shape index (κ3) is 7.97. The fourth-order valence-electron chi connectivity index (χ4n) is 3.78. The summed E-state index contributed by atoms with van der Waals surface area (Å²) in [6.07, 6.45) is 0.740. The number of carbonyl (C=O) groups is 2. The number of ether oxygens (including phenoxy) is 1. The second-order valence-electron chi connectivity index (χ2n) is 8.78. The van der Waals surface area contributed by atoms with Gasteiger partial charge in [0, 0.05) is 22.6 Å². The molecule has 0 aromatic heterocycles. The number of amides is 2. The minimum atomic E-state index is -4.18. The molecule has 0 bridgehead atoms. The van der Waals surface area contributed by atoms with Gasteiger partial charge in [0.05, 0.1) is 17.7 Å². The standard InChI is InChI=1S/C28H31BrClN3O5S/c1-4-17-31-28(35)20(2)32(18-21-5-7-22(29)8-6-21)27(34)19-33(24-11-9-23(30)10-12-24)39(36,37)26-15-13-25(38-3)14-16-26/h5-16,20H,4,17-19H2,1-3H3,(H,31,35)/t20-/m1/s1. The number of halogens is 2. The normalized spacial score (nSPS) is 11.9. The third-order valence-corrected chi connectivity index (χ3v) is 8.59. The maximum Gasteiger partial charge on any atom is 0.264 e. The molecule has 8 nitrogen and oxygen atoms in total. The van der Waals surface area contributed by atoms with Crippen LogP contribution in [0.3, 0.4) is 0 Å². The molecule has 208 valence electrons. The topological polar surface area (TPSA) is 96.0 Å². The van der Waals surface area contributed by atoms with Gasteiger partial charge >= 0.3 is 0 Å². The lowest BCUT2D eigenvalue weighted by Gasteiger charge is -2.32. The summed E-state index contributed by atoms with van der Waals surface area (Å²) in [5.41, 5.74) is 1.05. The summed E-state index contributed by atoms with van der Waals surface area (Å²) in [6.45, 7) is 3.62. The summed E-state index contributed by atoms with van der Waals surface area (Å²) in [4.78, 5) is 28.1. The Morgan fingerprint density at radius 1 is 1.00 bits per heavy atom. The van der Waals surface area contributed by atoms with Gasteiger partial charge in [0.15, 0.2) is 0 Å². The summed E-state index contributed by atoms with van der Waals surface area (Å²) in [5.74, 6) is -0.363. The third-order valence-electron chi connectivity index (χ3n) is 6.02. The van der Waals surface area contributed by atoms with Gasteiger partial charge in [0.2, 0.25) is 11.8 Å². The van der Waals surface area contributed by atoms with Crippen molar-refractivity contribution in [1.82, 2.24) is 10.2 Å². The first-order valence-electron chi connectivity index (χ1n) is 12.3. The molecule has 3 aromatic rings. The van der Waals surface area contributed by atoms with Crippen LogP contribution in [0.25, 0.3) is 0 Å². The molecule has 3 rings (SSSR count). The number of nitrogens with one attached hydrogen (secondary N) is 1. The van der Waals surface area contributed by atoms with Crippen molar-refractivity contribution in [3.63, 3.8) is 0 Å². The van der Waals surface area contributed by atoms with Crippen molar-refractivity contribution in [2.75, 3.05) is 24.5 Å². The summed E-state index contributed by atoms with van der Waals surface area (Å²) in [5, 5.41) is 3.24. The smallest absolute Gasteiger partial charge is 0.264 e. The Morgan fingerprint density at radius 3 is 2.18 bits per heavy atom. The lowest BCUT2D eigenvalue weighted by Crippen LogP contribution is -2.51. The Bertz CT molecular complexity index is 1370. The summed E-state index contributed by atoms with van der Waals surface area (Å²) in [7, 11) is -2.69. The number of carbonyl (C=O) groups excluding carboxylic acids is 2. The first-order chi connectivity index (χ1) is 18.6. The Morgan fingerprint density at radius 2 is 1.62 bits per heavy atom. The summed E-state index contributed by atoms with van der Waals surface area (Å²) < 4.78 is 34.7. The van der Waals surface area contributed by atoms with E-state index in [1.54, 1.807) is 19.1 Å². The molecule has 0 radical (unpaired) electrons. The zero-order valence-corrected chi connectivity index (χ0v) is 25.1. The van der Waals surface area contributed by atoms with Gasteiger partial charge in [0.1, 0.15) is 18.3 Å². The van der Waals surface area contributed by atoms with Crippen molar-refractivity contribution in [1.29, 1.82) is 0 Å². The lowest BCUT2D eigenvalue weighted by molar-refractivity contribution is -0.139. The van der Waals surface area contributed by atoms with Crippen molar-refractivity contribution in [2.45, 2.75) is 37.8 Å². The van der Waals surface area contributed by atoms with Crippen LogP contribution in [0.5, 0.6) is 5.75 Å². The highest BCUT2D eigenvalue weighted by Gasteiger charge is 2.32. The quantitative estimate of drug-likeness (QED) is 0.293. The molecule has 39 heavy (non-hydrogen) atoms. The van der Waals surface area contributed by atoms with Crippen molar-refractivity contribution < 1.29 is 22.7 Å². The van der Waals surface area contributed by atoms with E-state index in [-0.39, 0.29) is 23.0 Å². The second kappa shape index (κ2) is 13.8. The molecular weight excluding hydrogens is 606 g/mol. The molecule has 0 unspecified atom stereocenters. The van der Waals surface area contributed by atoms with Gasteiger partial charge in [-0.1, -0.05) is 46.6 Å². The lowest BCUT2D eigenvalue weighted by atomic mass is 10.1. The highest BCUT2D eigenvalue weighted by atomic mass is 79.9. The molecule has 0 aliphatic rings. The molecule has 0 saturated carbocycles. The zero-order chi connectivity index (χ0) is 28.6. The van der Waals surface area contributed by atoms with Crippen molar-refractivity contribution in [3.05, 3.63) is 87.9 Å². The van der Waals surface area contributed by atoms with E-state index < -0.39 is 28.5 Å². The van der Waals surface area contributed by atoms with E-state index in [0.29, 0.717) is 17.3 Å². The van der Waals surface area contributed by atoms with Crippen LogP contribution in [-0.4, -0.2) is 51.4 Å². The molecule has 11 heteroatoms. The zero-order valence-electron chi connectivity index (χ0n) is 21.9. The number of rotatable bonds is 12. The van der Waals surface area contributed by atoms with Gasteiger partial charge in [-0.3, -0.25) is 13.9 Å². The van der Waals surface area contributed by atoms with E-state index in [4.69, 9.17) is 16.3 Å². The maximum atomic E-state index is 13.8. The van der Waals surface area contributed by atoms with Crippen molar-refractivity contribution in [3.8, 4) is 5.75 Å². The average molecular weight is 637 g/mol. The molecule has 1 N–H and O–H groups in total. The van der Waals surface area contributed by atoms with E-state index in [2.05, 4.69) is 21.2 Å². The fraction of sp³-hybridized carbons (Fsp3) is 0.286. The predicted octanol–water partition coefficient (Wildman–Crippen LogP) is 5.25. The van der Waals surface area contributed by atoms with E-state index in [1.807, 2.05) is 31.2 Å². The van der Waals surface area contributed by atoms with Crippen LogP contribution in [-0.2, 0) is 26.2 Å². The predicted molar refractivity (Wildman–Crippen MR) is 156 cm³/mol. The average Bonchev–Trinajstić information content (AvgIpc) is 2.94. The van der Waals surface area contributed by atoms with Crippen LogP contribution in [0, 0.1) is 0 Å². The Balaban J connectivity index is 2.00. The van der Waals surface area contributed by atoms with Gasteiger partial charge in [0.25, 0.3) is 10.0 Å². The van der Waals surface area contributed by atoms with Gasteiger partial charge < -0.3 is 15.0 Å². The van der Waals surface area contributed by atoms with E-state index in [9.17, 15) is 18.0 Å². The van der Waals surface area contributed by atoms with E-state index in [0.717, 1.165) is 20.8 Å². The number of nitrogens with zero attached hydrogens (tertiary/aromatic N) is 2. The molecule has 0 spiro atoms. The largest absolute Gasteiger partial charge is 0.497 e. The van der Waals surface area contributed by atoms with Gasteiger partial charge in [-0.15, -0.1) is 0 Å². The Kier molecular flexibility index (Phi) is 10.8. The monoisotopic (exact) mass is 635 g/mol. The maximum absolute atomic E-state index is 13.8. The molecule has 0 aliphatic heterocycles. The van der Waals surface area contributed by atoms with Crippen molar-refractivity contribution in [2.24, 2.45) is 0 Å². The number of hydrogen-bond donors (Lipinski definition) is 1. The van der Waals surface area contributed by atoms with Crippen LogP contribution in [0.4, 0.5) is 5.69 Å². The summed E-state index contributed by atoms with van der Waals surface area (Å²) >= 11 is 9.45. The highest BCUT2D eigenvalue weighted by molar-refractivity contribution is 9.10. The second-order valence-corrected chi connectivity index (χ2v) is 12.0. The summed E-state index contributed by atoms with van der Waals surface area (Å²) in [6, 6.07) is 18.6.